The van der Waals surface area contributed by atoms with Gasteiger partial charge in [0.15, 0.2) is 0 Å². The molecule has 0 aliphatic rings. The van der Waals surface area contributed by atoms with Gasteiger partial charge in [-0.1, -0.05) is 48.5 Å². The fraction of sp³-hybridized carbons (Fsp3) is 0.167. The summed E-state index contributed by atoms with van der Waals surface area (Å²) >= 11 is 0. The molecule has 2 aromatic carbocycles. The predicted molar refractivity (Wildman–Crippen MR) is 94.0 cm³/mol. The first-order valence-corrected chi connectivity index (χ1v) is 9.09. The Morgan fingerprint density at radius 1 is 0.957 bits per heavy atom. The second kappa shape index (κ2) is 6.38. The fourth-order valence-corrected chi connectivity index (χ4v) is 3.55. The van der Waals surface area contributed by atoms with Crippen molar-refractivity contribution < 1.29 is 8.42 Å². The van der Waals surface area contributed by atoms with E-state index in [1.165, 1.54) is 0 Å². The topological polar surface area (TPSA) is 59.1 Å². The Labute approximate surface area is 136 Å². The summed E-state index contributed by atoms with van der Waals surface area (Å²) in [5.41, 5.74) is 3.06. The molecule has 0 radical (unpaired) electrons. The van der Waals surface area contributed by atoms with Crippen molar-refractivity contribution in [3.05, 3.63) is 71.9 Å². The van der Waals surface area contributed by atoms with E-state index in [9.17, 15) is 8.42 Å². The smallest absolute Gasteiger partial charge is 0.233 e. The Balaban J connectivity index is 1.82. The summed E-state index contributed by atoms with van der Waals surface area (Å²) in [4.78, 5) is 4.45. The first kappa shape index (κ1) is 15.5. The Bertz CT molecular complexity index is 922. The van der Waals surface area contributed by atoms with Gasteiger partial charge in [-0.2, -0.15) is 0 Å². The molecule has 0 spiro atoms. The minimum atomic E-state index is -3.43. The normalized spacial score (nSPS) is 11.5. The summed E-state index contributed by atoms with van der Waals surface area (Å²) < 4.78 is 27.4. The lowest BCUT2D eigenvalue weighted by atomic mass is 10.2. The molecule has 1 aromatic heterocycles. The van der Waals surface area contributed by atoms with Crippen LogP contribution in [0.5, 0.6) is 0 Å². The average molecular weight is 326 g/mol. The highest BCUT2D eigenvalue weighted by molar-refractivity contribution is 7.92. The second-order valence-corrected chi connectivity index (χ2v) is 7.33. The highest BCUT2D eigenvalue weighted by Gasteiger charge is 2.13. The van der Waals surface area contributed by atoms with Gasteiger partial charge in [-0.3, -0.25) is 9.71 Å². The van der Waals surface area contributed by atoms with Crippen molar-refractivity contribution in [2.24, 2.45) is 0 Å². The van der Waals surface area contributed by atoms with E-state index in [1.54, 1.807) is 6.07 Å². The summed E-state index contributed by atoms with van der Waals surface area (Å²) in [5, 5.41) is 0.916. The van der Waals surface area contributed by atoms with Crippen LogP contribution in [-0.2, 0) is 16.4 Å². The number of anilines is 1. The molecule has 0 aliphatic heterocycles. The van der Waals surface area contributed by atoms with Crippen LogP contribution in [0.4, 0.5) is 5.69 Å². The van der Waals surface area contributed by atoms with Crippen LogP contribution in [-0.4, -0.2) is 19.2 Å². The maximum atomic E-state index is 12.4. The standard InChI is InChI=1S/C18H18N2O2S/c1-14-10-11-16-8-5-9-17(18(16)19-14)20-23(21,22)13-12-15-6-3-2-4-7-15/h2-11,20H,12-13H2,1H3. The van der Waals surface area contributed by atoms with E-state index in [0.717, 1.165) is 16.6 Å². The van der Waals surface area contributed by atoms with Crippen LogP contribution >= 0.6 is 0 Å². The van der Waals surface area contributed by atoms with Crippen molar-refractivity contribution in [1.29, 1.82) is 0 Å². The Morgan fingerprint density at radius 3 is 2.52 bits per heavy atom. The molecule has 5 heteroatoms. The minimum Gasteiger partial charge on any atom is -0.281 e. The first-order valence-electron chi connectivity index (χ1n) is 7.44. The summed E-state index contributed by atoms with van der Waals surface area (Å²) in [5.74, 6) is 0.0409. The molecule has 0 bridgehead atoms. The zero-order chi connectivity index (χ0) is 16.3. The Hall–Kier alpha value is -2.40. The molecule has 3 aromatic rings. The monoisotopic (exact) mass is 326 g/mol. The lowest BCUT2D eigenvalue weighted by Crippen LogP contribution is -2.18. The van der Waals surface area contributed by atoms with Gasteiger partial charge in [0.25, 0.3) is 0 Å². The summed E-state index contributed by atoms with van der Waals surface area (Å²) in [7, 11) is -3.43. The molecular formula is C18H18N2O2S. The van der Waals surface area contributed by atoms with E-state index in [0.29, 0.717) is 17.6 Å². The third-order valence-electron chi connectivity index (χ3n) is 3.63. The highest BCUT2D eigenvalue weighted by Crippen LogP contribution is 2.22. The highest BCUT2D eigenvalue weighted by atomic mass is 32.2. The summed E-state index contributed by atoms with van der Waals surface area (Å²) in [6.45, 7) is 1.89. The Morgan fingerprint density at radius 2 is 1.74 bits per heavy atom. The zero-order valence-corrected chi connectivity index (χ0v) is 13.7. The molecule has 0 atom stereocenters. The molecule has 3 rings (SSSR count). The van der Waals surface area contributed by atoms with E-state index in [-0.39, 0.29) is 5.75 Å². The number of fused-ring (bicyclic) bond motifs is 1. The van der Waals surface area contributed by atoms with Gasteiger partial charge in [0.05, 0.1) is 17.0 Å². The van der Waals surface area contributed by atoms with E-state index in [2.05, 4.69) is 9.71 Å². The van der Waals surface area contributed by atoms with Crippen LogP contribution in [0.15, 0.2) is 60.7 Å². The van der Waals surface area contributed by atoms with Crippen molar-refractivity contribution in [3.8, 4) is 0 Å². The number of aromatic nitrogens is 1. The molecule has 118 valence electrons. The van der Waals surface area contributed by atoms with Gasteiger partial charge in [0, 0.05) is 11.1 Å². The van der Waals surface area contributed by atoms with Crippen LogP contribution in [0.1, 0.15) is 11.3 Å². The number of hydrogen-bond acceptors (Lipinski definition) is 3. The van der Waals surface area contributed by atoms with Crippen molar-refractivity contribution in [2.75, 3.05) is 10.5 Å². The quantitative estimate of drug-likeness (QED) is 0.780. The van der Waals surface area contributed by atoms with E-state index in [4.69, 9.17) is 0 Å². The molecule has 0 saturated carbocycles. The SMILES string of the molecule is Cc1ccc2cccc(NS(=O)(=O)CCc3ccccc3)c2n1. The zero-order valence-electron chi connectivity index (χ0n) is 12.9. The van der Waals surface area contributed by atoms with Crippen molar-refractivity contribution in [1.82, 2.24) is 4.98 Å². The van der Waals surface area contributed by atoms with Crippen LogP contribution in [0, 0.1) is 6.92 Å². The molecule has 0 unspecified atom stereocenters. The van der Waals surface area contributed by atoms with Crippen molar-refractivity contribution in [3.63, 3.8) is 0 Å². The number of hydrogen-bond donors (Lipinski definition) is 1. The average Bonchev–Trinajstić information content (AvgIpc) is 2.54. The lowest BCUT2D eigenvalue weighted by Gasteiger charge is -2.10. The van der Waals surface area contributed by atoms with E-state index in [1.807, 2.05) is 61.5 Å². The number of benzene rings is 2. The van der Waals surface area contributed by atoms with Gasteiger partial charge in [-0.25, -0.2) is 8.42 Å². The largest absolute Gasteiger partial charge is 0.281 e. The fourth-order valence-electron chi connectivity index (χ4n) is 2.44. The molecule has 0 fully saturated rings. The van der Waals surface area contributed by atoms with Gasteiger partial charge in [-0.05, 0) is 31.0 Å². The Kier molecular flexibility index (Phi) is 4.30. The van der Waals surface area contributed by atoms with Crippen LogP contribution < -0.4 is 4.72 Å². The van der Waals surface area contributed by atoms with Crippen molar-refractivity contribution in [2.45, 2.75) is 13.3 Å². The molecule has 1 heterocycles. The molecule has 0 saturated heterocycles. The van der Waals surface area contributed by atoms with Gasteiger partial charge in [0.1, 0.15) is 0 Å². The summed E-state index contributed by atoms with van der Waals surface area (Å²) in [6.07, 6.45) is 0.480. The number of sulfonamides is 1. The number of para-hydroxylation sites is 1. The molecule has 1 N–H and O–H groups in total. The lowest BCUT2D eigenvalue weighted by molar-refractivity contribution is 0.600. The number of rotatable bonds is 5. The molecule has 23 heavy (non-hydrogen) atoms. The number of aryl methyl sites for hydroxylation is 2. The molecule has 0 amide bonds. The van der Waals surface area contributed by atoms with E-state index >= 15 is 0 Å². The van der Waals surface area contributed by atoms with Crippen molar-refractivity contribution >= 4 is 26.6 Å². The molecule has 4 nitrogen and oxygen atoms in total. The van der Waals surface area contributed by atoms with Crippen LogP contribution in [0.3, 0.4) is 0 Å². The number of pyridine rings is 1. The predicted octanol–water partition coefficient (Wildman–Crippen LogP) is 3.53. The third kappa shape index (κ3) is 3.87. The van der Waals surface area contributed by atoms with Gasteiger partial charge in [-0.15, -0.1) is 0 Å². The van der Waals surface area contributed by atoms with Crippen LogP contribution in [0.2, 0.25) is 0 Å². The molecule has 0 aliphatic carbocycles. The van der Waals surface area contributed by atoms with Gasteiger partial charge in [0.2, 0.25) is 10.0 Å². The van der Waals surface area contributed by atoms with Gasteiger partial charge >= 0.3 is 0 Å². The van der Waals surface area contributed by atoms with Crippen LogP contribution in [0.25, 0.3) is 10.9 Å². The number of nitrogens with zero attached hydrogens (tertiary/aromatic N) is 1. The maximum absolute atomic E-state index is 12.4. The molecular weight excluding hydrogens is 308 g/mol. The van der Waals surface area contributed by atoms with E-state index < -0.39 is 10.0 Å². The maximum Gasteiger partial charge on any atom is 0.233 e. The number of nitrogens with one attached hydrogen (secondary N) is 1. The minimum absolute atomic E-state index is 0.0409. The first-order chi connectivity index (χ1) is 11.0. The van der Waals surface area contributed by atoms with Gasteiger partial charge < -0.3 is 0 Å². The summed E-state index contributed by atoms with van der Waals surface area (Å²) in [6, 6.07) is 18.9. The third-order valence-corrected chi connectivity index (χ3v) is 4.90. The second-order valence-electron chi connectivity index (χ2n) is 5.49.